The lowest BCUT2D eigenvalue weighted by atomic mass is 10.1. The molecule has 2 heterocycles. The summed E-state index contributed by atoms with van der Waals surface area (Å²) in [6.07, 6.45) is 1.56. The normalized spacial score (nSPS) is 16.2. The maximum absolute atomic E-state index is 12.0. The molecule has 0 atom stereocenters. The molecule has 0 unspecified atom stereocenters. The van der Waals surface area contributed by atoms with Crippen molar-refractivity contribution >= 4 is 21.9 Å². The molecular weight excluding hydrogens is 290 g/mol. The highest BCUT2D eigenvalue weighted by atomic mass is 32.2. The van der Waals surface area contributed by atoms with Crippen molar-refractivity contribution in [3.8, 4) is 11.3 Å². The van der Waals surface area contributed by atoms with Crippen molar-refractivity contribution in [1.29, 1.82) is 0 Å². The molecule has 2 aromatic rings. The van der Waals surface area contributed by atoms with Crippen LogP contribution >= 0.6 is 0 Å². The zero-order valence-corrected chi connectivity index (χ0v) is 12.1. The largest absolute Gasteiger partial charge is 0.381 e. The van der Waals surface area contributed by atoms with Crippen LogP contribution in [0.25, 0.3) is 11.3 Å². The summed E-state index contributed by atoms with van der Waals surface area (Å²) in [4.78, 5) is 8.62. The number of fused-ring (bicyclic) bond motifs is 1. The Morgan fingerprint density at radius 2 is 1.95 bits per heavy atom. The number of nitrogens with zero attached hydrogens (tertiary/aromatic N) is 4. The van der Waals surface area contributed by atoms with Gasteiger partial charge >= 0.3 is 10.2 Å². The first-order valence-corrected chi connectivity index (χ1v) is 7.73. The van der Waals surface area contributed by atoms with Crippen molar-refractivity contribution in [1.82, 2.24) is 9.97 Å². The molecule has 0 radical (unpaired) electrons. The summed E-state index contributed by atoms with van der Waals surface area (Å²) in [5.41, 5.74) is 7.38. The van der Waals surface area contributed by atoms with E-state index in [4.69, 9.17) is 5.73 Å². The summed E-state index contributed by atoms with van der Waals surface area (Å²) >= 11 is 0. The van der Waals surface area contributed by atoms with Crippen molar-refractivity contribution in [3.05, 3.63) is 42.2 Å². The second-order valence-corrected chi connectivity index (χ2v) is 5.93. The Morgan fingerprint density at radius 1 is 1.24 bits per heavy atom. The fraction of sp³-hybridized carbons (Fsp3) is 0.154. The van der Waals surface area contributed by atoms with Crippen LogP contribution in [0.15, 0.2) is 40.9 Å². The molecule has 0 saturated carbocycles. The highest BCUT2D eigenvalue weighted by Crippen LogP contribution is 2.27. The Morgan fingerprint density at radius 3 is 2.62 bits per heavy atom. The fourth-order valence-corrected chi connectivity index (χ4v) is 3.23. The highest BCUT2D eigenvalue weighted by molar-refractivity contribution is 7.91. The predicted octanol–water partition coefficient (Wildman–Crippen LogP) is 0.934. The second-order valence-electron chi connectivity index (χ2n) is 4.41. The quantitative estimate of drug-likeness (QED) is 0.889. The number of hydrogen-bond acceptors (Lipinski definition) is 5. The number of nitrogens with two attached hydrogens (primary N) is 1. The molecule has 1 aromatic heterocycles. The summed E-state index contributed by atoms with van der Waals surface area (Å²) in [5.74, 6) is 0.0770. The van der Waals surface area contributed by atoms with Crippen LogP contribution in [0.3, 0.4) is 0 Å². The average Bonchev–Trinajstić information content (AvgIpc) is 2.47. The zero-order chi connectivity index (χ0) is 15.0. The first-order chi connectivity index (χ1) is 10.0. The molecule has 8 heteroatoms. The molecule has 0 fully saturated rings. The van der Waals surface area contributed by atoms with Crippen molar-refractivity contribution in [2.45, 2.75) is 6.92 Å². The third kappa shape index (κ3) is 2.23. The first-order valence-electron chi connectivity index (χ1n) is 6.34. The topological polar surface area (TPSA) is 102 Å². The molecular formula is C13H13N5O2S. The van der Waals surface area contributed by atoms with Gasteiger partial charge in [-0.25, -0.2) is 14.3 Å². The zero-order valence-electron chi connectivity index (χ0n) is 11.3. The van der Waals surface area contributed by atoms with Gasteiger partial charge in [0.1, 0.15) is 5.69 Å². The van der Waals surface area contributed by atoms with Gasteiger partial charge in [0.2, 0.25) is 0 Å². The SMILES string of the molecule is CCN1c2nc(-c3ccccc3)cnc2C(N)=NS1(=O)=O. The van der Waals surface area contributed by atoms with Gasteiger partial charge in [0, 0.05) is 12.1 Å². The molecule has 0 saturated heterocycles. The van der Waals surface area contributed by atoms with Gasteiger partial charge in [0.25, 0.3) is 0 Å². The van der Waals surface area contributed by atoms with Gasteiger partial charge < -0.3 is 5.73 Å². The van der Waals surface area contributed by atoms with Crippen LogP contribution in [0.2, 0.25) is 0 Å². The minimum atomic E-state index is -3.84. The van der Waals surface area contributed by atoms with Crippen molar-refractivity contribution in [2.75, 3.05) is 10.8 Å². The summed E-state index contributed by atoms with van der Waals surface area (Å²) in [6, 6.07) is 9.40. The second kappa shape index (κ2) is 4.81. The van der Waals surface area contributed by atoms with Crippen LogP contribution in [0.1, 0.15) is 12.6 Å². The third-order valence-electron chi connectivity index (χ3n) is 3.08. The standard InChI is InChI=1S/C13H13N5O2S/c1-2-18-13-11(12(14)17-21(18,19)20)15-8-10(16-13)9-6-4-3-5-7-9/h3-8H,2H2,1H3,(H2,14,17). The van der Waals surface area contributed by atoms with Crippen LogP contribution in [0, 0.1) is 0 Å². The van der Waals surface area contributed by atoms with Gasteiger partial charge in [0.05, 0.1) is 11.9 Å². The summed E-state index contributed by atoms with van der Waals surface area (Å²) in [6.45, 7) is 1.91. The first kappa shape index (κ1) is 13.5. The Kier molecular flexibility index (Phi) is 3.09. The van der Waals surface area contributed by atoms with E-state index in [2.05, 4.69) is 14.4 Å². The minimum Gasteiger partial charge on any atom is -0.381 e. The Hall–Kier alpha value is -2.48. The summed E-state index contributed by atoms with van der Waals surface area (Å²) in [7, 11) is -3.84. The molecule has 0 amide bonds. The molecule has 1 aromatic carbocycles. The highest BCUT2D eigenvalue weighted by Gasteiger charge is 2.32. The van der Waals surface area contributed by atoms with Crippen LogP contribution in [-0.4, -0.2) is 30.8 Å². The fourth-order valence-electron chi connectivity index (χ4n) is 2.12. The van der Waals surface area contributed by atoms with Crippen molar-refractivity contribution in [2.24, 2.45) is 10.1 Å². The molecule has 21 heavy (non-hydrogen) atoms. The lowest BCUT2D eigenvalue weighted by Crippen LogP contribution is -2.38. The van der Waals surface area contributed by atoms with E-state index in [-0.39, 0.29) is 23.9 Å². The van der Waals surface area contributed by atoms with E-state index in [0.29, 0.717) is 5.69 Å². The lowest BCUT2D eigenvalue weighted by Gasteiger charge is -2.25. The van der Waals surface area contributed by atoms with E-state index in [1.807, 2.05) is 30.3 Å². The average molecular weight is 303 g/mol. The predicted molar refractivity (Wildman–Crippen MR) is 80.1 cm³/mol. The molecule has 108 valence electrons. The molecule has 2 N–H and O–H groups in total. The smallest absolute Gasteiger partial charge is 0.347 e. The van der Waals surface area contributed by atoms with Gasteiger partial charge in [-0.2, -0.15) is 8.42 Å². The maximum atomic E-state index is 12.0. The van der Waals surface area contributed by atoms with Gasteiger partial charge in [-0.05, 0) is 6.92 Å². The summed E-state index contributed by atoms with van der Waals surface area (Å²) < 4.78 is 28.6. The molecule has 1 aliphatic rings. The van der Waals surface area contributed by atoms with Crippen LogP contribution in [0.4, 0.5) is 5.82 Å². The number of aromatic nitrogens is 2. The number of benzene rings is 1. The van der Waals surface area contributed by atoms with Gasteiger partial charge in [-0.3, -0.25) is 0 Å². The number of hydrogen-bond donors (Lipinski definition) is 1. The van der Waals surface area contributed by atoms with E-state index in [0.717, 1.165) is 9.87 Å². The minimum absolute atomic E-state index is 0.137. The molecule has 0 bridgehead atoms. The van der Waals surface area contributed by atoms with E-state index in [1.54, 1.807) is 13.1 Å². The Balaban J connectivity index is 2.21. The van der Waals surface area contributed by atoms with E-state index < -0.39 is 10.2 Å². The molecule has 7 nitrogen and oxygen atoms in total. The van der Waals surface area contributed by atoms with E-state index in [1.165, 1.54) is 0 Å². The van der Waals surface area contributed by atoms with Crippen LogP contribution in [0.5, 0.6) is 0 Å². The third-order valence-corrected chi connectivity index (χ3v) is 4.50. The Labute approximate surface area is 122 Å². The number of anilines is 1. The Bertz CT molecular complexity index is 818. The number of amidine groups is 1. The van der Waals surface area contributed by atoms with Crippen molar-refractivity contribution in [3.63, 3.8) is 0 Å². The molecule has 0 spiro atoms. The van der Waals surface area contributed by atoms with E-state index in [9.17, 15) is 8.42 Å². The van der Waals surface area contributed by atoms with Gasteiger partial charge in [-0.15, -0.1) is 4.40 Å². The van der Waals surface area contributed by atoms with Gasteiger partial charge in [-0.1, -0.05) is 30.3 Å². The molecule has 0 aliphatic carbocycles. The monoisotopic (exact) mass is 303 g/mol. The lowest BCUT2D eigenvalue weighted by molar-refractivity contribution is 0.592. The van der Waals surface area contributed by atoms with Crippen LogP contribution in [-0.2, 0) is 10.2 Å². The maximum Gasteiger partial charge on any atom is 0.347 e. The number of rotatable bonds is 2. The van der Waals surface area contributed by atoms with Gasteiger partial charge in [0.15, 0.2) is 11.7 Å². The van der Waals surface area contributed by atoms with Crippen LogP contribution < -0.4 is 10.0 Å². The van der Waals surface area contributed by atoms with E-state index >= 15 is 0 Å². The van der Waals surface area contributed by atoms with Crippen molar-refractivity contribution < 1.29 is 8.42 Å². The molecule has 1 aliphatic heterocycles. The molecule has 3 rings (SSSR count). The summed E-state index contributed by atoms with van der Waals surface area (Å²) in [5, 5.41) is 0.